The summed E-state index contributed by atoms with van der Waals surface area (Å²) in [7, 11) is -1.99. The van der Waals surface area contributed by atoms with Gasteiger partial charge in [0, 0.05) is 26.6 Å². The van der Waals surface area contributed by atoms with Crippen LogP contribution in [0.2, 0.25) is 0 Å². The molecule has 0 aliphatic carbocycles. The summed E-state index contributed by atoms with van der Waals surface area (Å²) < 4.78 is 31.6. The first kappa shape index (κ1) is 27.2. The summed E-state index contributed by atoms with van der Waals surface area (Å²) in [5, 5.41) is 2.64. The summed E-state index contributed by atoms with van der Waals surface area (Å²) in [4.78, 5) is 27.2. The summed E-state index contributed by atoms with van der Waals surface area (Å²) in [6, 6.07) is 15.7. The number of benzene rings is 2. The van der Waals surface area contributed by atoms with Crippen molar-refractivity contribution >= 4 is 27.5 Å². The molecule has 1 atom stereocenters. The Labute approximate surface area is 202 Å². The molecule has 2 aromatic rings. The molecule has 0 fully saturated rings. The lowest BCUT2D eigenvalue weighted by Gasteiger charge is -2.30. The van der Waals surface area contributed by atoms with Crippen molar-refractivity contribution in [2.24, 2.45) is 0 Å². The Morgan fingerprint density at radius 3 is 2.21 bits per heavy atom. The number of nitrogens with one attached hydrogen (secondary N) is 1. The van der Waals surface area contributed by atoms with Crippen LogP contribution < -0.4 is 14.4 Å². The summed E-state index contributed by atoms with van der Waals surface area (Å²) >= 11 is 0. The topological polar surface area (TPSA) is 96.0 Å². The molecule has 0 saturated heterocycles. The maximum Gasteiger partial charge on any atom is 0.242 e. The van der Waals surface area contributed by atoms with Crippen LogP contribution in [0.4, 0.5) is 5.69 Å². The Morgan fingerprint density at radius 1 is 1.03 bits per heavy atom. The average Bonchev–Trinajstić information content (AvgIpc) is 2.82. The Balaban J connectivity index is 2.14. The second-order valence-electron chi connectivity index (χ2n) is 7.91. The zero-order valence-electron chi connectivity index (χ0n) is 20.4. The molecule has 0 aliphatic rings. The third kappa shape index (κ3) is 7.76. The lowest BCUT2D eigenvalue weighted by molar-refractivity contribution is -0.141. The lowest BCUT2D eigenvalue weighted by atomic mass is 10.1. The molecule has 0 bridgehead atoms. The van der Waals surface area contributed by atoms with Gasteiger partial charge in [0.2, 0.25) is 21.8 Å². The second kappa shape index (κ2) is 13.0. The maximum absolute atomic E-state index is 13.2. The Hall–Kier alpha value is -3.07. The number of sulfonamides is 1. The molecule has 0 aromatic heterocycles. The Morgan fingerprint density at radius 2 is 1.68 bits per heavy atom. The van der Waals surface area contributed by atoms with Crippen molar-refractivity contribution < 1.29 is 22.7 Å². The van der Waals surface area contributed by atoms with E-state index in [1.807, 2.05) is 44.2 Å². The van der Waals surface area contributed by atoms with Crippen LogP contribution in [0, 0.1) is 0 Å². The molecule has 2 aromatic carbocycles. The van der Waals surface area contributed by atoms with Crippen LogP contribution in [-0.4, -0.2) is 57.6 Å². The Kier molecular flexibility index (Phi) is 10.4. The zero-order valence-corrected chi connectivity index (χ0v) is 21.2. The van der Waals surface area contributed by atoms with Crippen molar-refractivity contribution in [3.63, 3.8) is 0 Å². The molecule has 0 aliphatic heterocycles. The zero-order chi connectivity index (χ0) is 25.1. The van der Waals surface area contributed by atoms with Crippen LogP contribution in [-0.2, 0) is 26.2 Å². The molecule has 8 nitrogen and oxygen atoms in total. The van der Waals surface area contributed by atoms with Gasteiger partial charge in [-0.3, -0.25) is 13.9 Å². The van der Waals surface area contributed by atoms with Crippen LogP contribution in [0.5, 0.6) is 5.75 Å². The van der Waals surface area contributed by atoms with Crippen molar-refractivity contribution in [3.8, 4) is 5.75 Å². The molecule has 0 spiro atoms. The Bertz CT molecular complexity index is 1030. The van der Waals surface area contributed by atoms with E-state index >= 15 is 0 Å². The number of rotatable bonds is 13. The van der Waals surface area contributed by atoms with Crippen LogP contribution in [0.3, 0.4) is 0 Å². The van der Waals surface area contributed by atoms with Gasteiger partial charge in [0.05, 0.1) is 18.6 Å². The third-order valence-electron chi connectivity index (χ3n) is 5.42. The van der Waals surface area contributed by atoms with E-state index in [9.17, 15) is 18.0 Å². The highest BCUT2D eigenvalue weighted by atomic mass is 32.2. The van der Waals surface area contributed by atoms with Gasteiger partial charge in [-0.15, -0.1) is 0 Å². The molecule has 0 saturated carbocycles. The molecule has 0 radical (unpaired) electrons. The number of carbonyl (C=O) groups excluding carboxylic acids is 2. The monoisotopic (exact) mass is 489 g/mol. The van der Waals surface area contributed by atoms with Gasteiger partial charge < -0.3 is 15.0 Å². The van der Waals surface area contributed by atoms with E-state index < -0.39 is 16.1 Å². The highest BCUT2D eigenvalue weighted by Gasteiger charge is 2.28. The minimum absolute atomic E-state index is 0.114. The van der Waals surface area contributed by atoms with Crippen molar-refractivity contribution in [1.29, 1.82) is 0 Å². The van der Waals surface area contributed by atoms with Gasteiger partial charge in [-0.2, -0.15) is 0 Å². The molecule has 9 heteroatoms. The van der Waals surface area contributed by atoms with Crippen molar-refractivity contribution in [2.75, 3.05) is 30.8 Å². The highest BCUT2D eigenvalue weighted by molar-refractivity contribution is 7.92. The predicted octanol–water partition coefficient (Wildman–Crippen LogP) is 3.18. The maximum atomic E-state index is 13.2. The number of hydrogen-bond acceptors (Lipinski definition) is 5. The summed E-state index contributed by atoms with van der Waals surface area (Å²) in [6.45, 7) is 4.71. The van der Waals surface area contributed by atoms with E-state index in [4.69, 9.17) is 4.74 Å². The van der Waals surface area contributed by atoms with Crippen molar-refractivity contribution in [2.45, 2.75) is 45.7 Å². The minimum Gasteiger partial charge on any atom is -0.494 e. The second-order valence-corrected chi connectivity index (χ2v) is 9.82. The molecular weight excluding hydrogens is 454 g/mol. The average molecular weight is 490 g/mol. The van der Waals surface area contributed by atoms with Crippen LogP contribution >= 0.6 is 0 Å². The van der Waals surface area contributed by atoms with E-state index in [1.54, 1.807) is 36.2 Å². The molecule has 34 heavy (non-hydrogen) atoms. The van der Waals surface area contributed by atoms with Gasteiger partial charge in [-0.1, -0.05) is 37.3 Å². The summed E-state index contributed by atoms with van der Waals surface area (Å²) in [5.41, 5.74) is 1.43. The van der Waals surface area contributed by atoms with Gasteiger partial charge in [0.1, 0.15) is 11.8 Å². The van der Waals surface area contributed by atoms with E-state index in [2.05, 4.69) is 5.32 Å². The van der Waals surface area contributed by atoms with Crippen LogP contribution in [0.25, 0.3) is 0 Å². The fourth-order valence-corrected chi connectivity index (χ4v) is 4.71. The molecule has 2 rings (SSSR count). The number of ether oxygens (including phenoxy) is 1. The molecule has 0 heterocycles. The molecule has 0 unspecified atom stereocenters. The molecule has 2 amide bonds. The number of hydrogen-bond donors (Lipinski definition) is 1. The number of amides is 2. The molecule has 186 valence electrons. The summed E-state index contributed by atoms with van der Waals surface area (Å²) in [6.07, 6.45) is 2.05. The lowest BCUT2D eigenvalue weighted by Crippen LogP contribution is -2.48. The fourth-order valence-electron chi connectivity index (χ4n) is 3.75. The van der Waals surface area contributed by atoms with Crippen LogP contribution in [0.15, 0.2) is 54.6 Å². The quantitative estimate of drug-likeness (QED) is 0.466. The predicted molar refractivity (Wildman–Crippen MR) is 134 cm³/mol. The first-order chi connectivity index (χ1) is 16.2. The summed E-state index contributed by atoms with van der Waals surface area (Å²) in [5.74, 6) is 0.240. The third-order valence-corrected chi connectivity index (χ3v) is 6.61. The van der Waals surface area contributed by atoms with Gasteiger partial charge >= 0.3 is 0 Å². The largest absolute Gasteiger partial charge is 0.494 e. The standard InChI is InChI=1S/C25H35N3O5S/c1-5-23(25(30)26-3)27(19-20-11-8-7-9-12-20)24(29)13-10-18-28(34(4,31)32)21-14-16-22(17-15-21)33-6-2/h7-9,11-12,14-17,23H,5-6,10,13,18-19H2,1-4H3,(H,26,30)/t23-/m0/s1. The highest BCUT2D eigenvalue weighted by Crippen LogP contribution is 2.23. The smallest absolute Gasteiger partial charge is 0.242 e. The van der Waals surface area contributed by atoms with Gasteiger partial charge in [-0.05, 0) is 49.6 Å². The first-order valence-corrected chi connectivity index (χ1v) is 13.3. The normalized spacial score (nSPS) is 12.0. The van der Waals surface area contributed by atoms with Crippen LogP contribution in [0.1, 0.15) is 38.7 Å². The minimum atomic E-state index is -3.54. The van der Waals surface area contributed by atoms with Crippen molar-refractivity contribution in [3.05, 3.63) is 60.2 Å². The van der Waals surface area contributed by atoms with E-state index in [-0.39, 0.29) is 24.8 Å². The fraction of sp³-hybridized carbons (Fsp3) is 0.440. The van der Waals surface area contributed by atoms with Crippen molar-refractivity contribution in [1.82, 2.24) is 10.2 Å². The number of anilines is 1. The van der Waals surface area contributed by atoms with E-state index in [0.29, 0.717) is 37.4 Å². The van der Waals surface area contributed by atoms with E-state index in [1.165, 1.54) is 4.31 Å². The number of nitrogens with zero attached hydrogens (tertiary/aromatic N) is 2. The SMILES string of the molecule is CCOc1ccc(N(CCCC(=O)N(Cc2ccccc2)[C@@H](CC)C(=O)NC)S(C)(=O)=O)cc1. The van der Waals surface area contributed by atoms with Gasteiger partial charge in [-0.25, -0.2) is 8.42 Å². The molecule has 1 N–H and O–H groups in total. The first-order valence-electron chi connectivity index (χ1n) is 11.5. The molecular formula is C25H35N3O5S. The number of carbonyl (C=O) groups is 2. The van der Waals surface area contributed by atoms with Gasteiger partial charge in [0.15, 0.2) is 0 Å². The van der Waals surface area contributed by atoms with E-state index in [0.717, 1.165) is 11.8 Å². The number of likely N-dealkylation sites (N-methyl/N-ethyl adjacent to an activating group) is 1. The van der Waals surface area contributed by atoms with Gasteiger partial charge in [0.25, 0.3) is 0 Å².